The summed E-state index contributed by atoms with van der Waals surface area (Å²) in [5, 5.41) is 8.78. The summed E-state index contributed by atoms with van der Waals surface area (Å²) in [4.78, 5) is 14.3. The number of esters is 1. The van der Waals surface area contributed by atoms with Gasteiger partial charge in [-0.1, -0.05) is 0 Å². The molecule has 108 valence electrons. The molecule has 0 aliphatic carbocycles. The normalized spacial score (nSPS) is 11.3. The lowest BCUT2D eigenvalue weighted by Crippen LogP contribution is -2.16. The molecule has 1 aromatic heterocycles. The molecule has 1 aromatic rings. The number of methoxy groups -OCH3 is 1. The molecule has 0 atom stereocenters. The minimum atomic E-state index is -5.08. The molecule has 0 spiro atoms. The smallest absolute Gasteiger partial charge is 0.418 e. The van der Waals surface area contributed by atoms with Crippen molar-refractivity contribution in [2.75, 3.05) is 7.11 Å². The first kappa shape index (κ1) is 15.8. The third kappa shape index (κ3) is 3.20. The average Bonchev–Trinajstić information content (AvgIpc) is 2.36. The van der Waals surface area contributed by atoms with E-state index in [9.17, 15) is 26.7 Å². The van der Waals surface area contributed by atoms with Gasteiger partial charge in [-0.2, -0.15) is 18.4 Å². The largest absolute Gasteiger partial charge is 0.469 e. The molecule has 0 radical (unpaired) electrons. The van der Waals surface area contributed by atoms with Crippen LogP contribution in [0, 0.1) is 11.3 Å². The van der Waals surface area contributed by atoms with Gasteiger partial charge in [0.2, 0.25) is 0 Å². The molecule has 0 saturated heterocycles. The van der Waals surface area contributed by atoms with Crippen molar-refractivity contribution < 1.29 is 31.5 Å². The van der Waals surface area contributed by atoms with Crippen molar-refractivity contribution in [1.82, 2.24) is 4.98 Å². The maximum Gasteiger partial charge on any atom is 0.418 e. The lowest BCUT2D eigenvalue weighted by molar-refractivity contribution is -0.140. The van der Waals surface area contributed by atoms with Gasteiger partial charge in [0.25, 0.3) is 6.43 Å². The summed E-state index contributed by atoms with van der Waals surface area (Å²) in [5.41, 5.74) is -4.62. The summed E-state index contributed by atoms with van der Waals surface area (Å²) in [5.74, 6) is -0.908. The van der Waals surface area contributed by atoms with Crippen molar-refractivity contribution in [3.63, 3.8) is 0 Å². The maximum atomic E-state index is 12.8. The van der Waals surface area contributed by atoms with Gasteiger partial charge in [-0.05, 0) is 0 Å². The Morgan fingerprint density at radius 3 is 2.50 bits per heavy atom. The summed E-state index contributed by atoms with van der Waals surface area (Å²) in [7, 11) is 1.01. The zero-order chi connectivity index (χ0) is 15.5. The first-order valence-electron chi connectivity index (χ1n) is 5.06. The summed E-state index contributed by atoms with van der Waals surface area (Å²) < 4.78 is 67.7. The van der Waals surface area contributed by atoms with Crippen LogP contribution in [0.25, 0.3) is 0 Å². The number of nitrogens with zero attached hydrogens (tertiary/aromatic N) is 2. The fourth-order valence-electron chi connectivity index (χ4n) is 1.49. The molecular formula is C11H7F5N2O2. The molecule has 0 N–H and O–H groups in total. The quantitative estimate of drug-likeness (QED) is 0.635. The molecule has 0 saturated carbocycles. The van der Waals surface area contributed by atoms with Gasteiger partial charge in [0.1, 0.15) is 6.07 Å². The molecule has 20 heavy (non-hydrogen) atoms. The minimum Gasteiger partial charge on any atom is -0.469 e. The average molecular weight is 294 g/mol. The van der Waals surface area contributed by atoms with Crippen molar-refractivity contribution >= 4 is 5.97 Å². The zero-order valence-electron chi connectivity index (χ0n) is 9.96. The Balaban J connectivity index is 3.51. The SMILES string of the molecule is COC(=O)Cc1ncc(C(F)(F)F)c(C(F)F)c1C#N. The Labute approximate surface area is 109 Å². The van der Waals surface area contributed by atoms with Crippen LogP contribution in [0.15, 0.2) is 6.20 Å². The van der Waals surface area contributed by atoms with Gasteiger partial charge in [-0.25, -0.2) is 8.78 Å². The van der Waals surface area contributed by atoms with Crippen LogP contribution >= 0.6 is 0 Å². The second-order valence-corrected chi connectivity index (χ2v) is 3.57. The highest BCUT2D eigenvalue weighted by molar-refractivity contribution is 5.73. The lowest BCUT2D eigenvalue weighted by Gasteiger charge is -2.15. The van der Waals surface area contributed by atoms with Gasteiger partial charge < -0.3 is 4.74 Å². The van der Waals surface area contributed by atoms with E-state index in [0.29, 0.717) is 0 Å². The van der Waals surface area contributed by atoms with Gasteiger partial charge in [-0.3, -0.25) is 9.78 Å². The Bertz CT molecular complexity index is 563. The van der Waals surface area contributed by atoms with Gasteiger partial charge in [0.05, 0.1) is 35.9 Å². The number of nitriles is 1. The van der Waals surface area contributed by atoms with E-state index in [2.05, 4.69) is 9.72 Å². The molecule has 0 aromatic carbocycles. The summed E-state index contributed by atoms with van der Waals surface area (Å²) in [6.07, 6.45) is -9.09. The second-order valence-electron chi connectivity index (χ2n) is 3.57. The number of carbonyl (C=O) groups excluding carboxylic acids is 1. The summed E-state index contributed by atoms with van der Waals surface area (Å²) in [6.45, 7) is 0. The van der Waals surface area contributed by atoms with Crippen LogP contribution in [0.1, 0.15) is 28.8 Å². The van der Waals surface area contributed by atoms with Crippen molar-refractivity contribution in [3.8, 4) is 6.07 Å². The Morgan fingerprint density at radius 1 is 1.50 bits per heavy atom. The molecule has 0 aliphatic heterocycles. The van der Waals surface area contributed by atoms with Crippen molar-refractivity contribution in [3.05, 3.63) is 28.6 Å². The van der Waals surface area contributed by atoms with E-state index >= 15 is 0 Å². The van der Waals surface area contributed by atoms with E-state index in [-0.39, 0.29) is 6.20 Å². The predicted octanol–water partition coefficient (Wildman–Crippen LogP) is 2.63. The first-order valence-corrected chi connectivity index (χ1v) is 5.06. The van der Waals surface area contributed by atoms with Crippen LogP contribution in [0.2, 0.25) is 0 Å². The third-order valence-electron chi connectivity index (χ3n) is 2.37. The summed E-state index contributed by atoms with van der Waals surface area (Å²) >= 11 is 0. The Kier molecular flexibility index (Phi) is 4.60. The molecule has 0 fully saturated rings. The Hall–Kier alpha value is -2.24. The van der Waals surface area contributed by atoms with E-state index in [1.807, 2.05) is 0 Å². The molecule has 0 bridgehead atoms. The van der Waals surface area contributed by atoms with E-state index in [1.54, 1.807) is 0 Å². The molecule has 9 heteroatoms. The van der Waals surface area contributed by atoms with Gasteiger partial charge >= 0.3 is 12.1 Å². The molecule has 1 heterocycles. The monoisotopic (exact) mass is 294 g/mol. The molecule has 0 aliphatic rings. The molecule has 1 rings (SSSR count). The van der Waals surface area contributed by atoms with E-state index in [1.165, 1.54) is 6.07 Å². The highest BCUT2D eigenvalue weighted by Crippen LogP contribution is 2.38. The van der Waals surface area contributed by atoms with Crippen molar-refractivity contribution in [2.45, 2.75) is 19.0 Å². The van der Waals surface area contributed by atoms with E-state index in [4.69, 9.17) is 5.26 Å². The van der Waals surface area contributed by atoms with Gasteiger partial charge in [0, 0.05) is 6.20 Å². The number of ether oxygens (including phenoxy) is 1. The number of rotatable bonds is 3. The maximum absolute atomic E-state index is 12.8. The van der Waals surface area contributed by atoms with E-state index < -0.39 is 47.4 Å². The van der Waals surface area contributed by atoms with E-state index in [0.717, 1.165) is 7.11 Å². The molecule has 0 amide bonds. The highest BCUT2D eigenvalue weighted by atomic mass is 19.4. The number of carbonyl (C=O) groups is 1. The first-order chi connectivity index (χ1) is 9.22. The van der Waals surface area contributed by atoms with Gasteiger partial charge in [-0.15, -0.1) is 0 Å². The molecule has 4 nitrogen and oxygen atoms in total. The van der Waals surface area contributed by atoms with Crippen molar-refractivity contribution in [1.29, 1.82) is 5.26 Å². The number of aromatic nitrogens is 1. The van der Waals surface area contributed by atoms with Crippen LogP contribution < -0.4 is 0 Å². The number of alkyl halides is 5. The van der Waals surface area contributed by atoms with Crippen LogP contribution in [0.5, 0.6) is 0 Å². The molecule has 0 unspecified atom stereocenters. The third-order valence-corrected chi connectivity index (χ3v) is 2.37. The van der Waals surface area contributed by atoms with Crippen LogP contribution in [0.4, 0.5) is 22.0 Å². The highest BCUT2D eigenvalue weighted by Gasteiger charge is 2.38. The summed E-state index contributed by atoms with van der Waals surface area (Å²) in [6, 6.07) is 1.24. The number of hydrogen-bond acceptors (Lipinski definition) is 4. The number of halogens is 5. The minimum absolute atomic E-state index is 0.181. The number of hydrogen-bond donors (Lipinski definition) is 0. The fourth-order valence-corrected chi connectivity index (χ4v) is 1.49. The standard InChI is InChI=1S/C11H7F5N2O2/c1-20-8(19)2-7-5(3-17)9(10(12)13)6(4-18-7)11(14,15)16/h4,10H,2H2,1H3. The second kappa shape index (κ2) is 5.81. The van der Waals surface area contributed by atoms with Crippen molar-refractivity contribution in [2.24, 2.45) is 0 Å². The number of pyridine rings is 1. The lowest BCUT2D eigenvalue weighted by atomic mass is 10.0. The topological polar surface area (TPSA) is 63.0 Å². The zero-order valence-corrected chi connectivity index (χ0v) is 9.96. The van der Waals surface area contributed by atoms with Crippen LogP contribution in [-0.2, 0) is 22.1 Å². The molecular weight excluding hydrogens is 287 g/mol. The van der Waals surface area contributed by atoms with Gasteiger partial charge in [0.15, 0.2) is 0 Å². The van der Waals surface area contributed by atoms with Crippen LogP contribution in [-0.4, -0.2) is 18.1 Å². The van der Waals surface area contributed by atoms with Crippen LogP contribution in [0.3, 0.4) is 0 Å². The predicted molar refractivity (Wildman–Crippen MR) is 54.6 cm³/mol. The fraction of sp³-hybridized carbons (Fsp3) is 0.364. The Morgan fingerprint density at radius 2 is 2.10 bits per heavy atom.